The van der Waals surface area contributed by atoms with E-state index in [2.05, 4.69) is 19.1 Å². The van der Waals surface area contributed by atoms with Crippen LogP contribution in [0.25, 0.3) is 5.57 Å². The summed E-state index contributed by atoms with van der Waals surface area (Å²) < 4.78 is 5.41. The van der Waals surface area contributed by atoms with Gasteiger partial charge in [0.25, 0.3) is 0 Å². The molecule has 2 rings (SSSR count). The number of methoxy groups -OCH3 is 1. The molecule has 2 nitrogen and oxygen atoms in total. The lowest BCUT2D eigenvalue weighted by Crippen LogP contribution is -2.00. The molecule has 1 aliphatic rings. The fourth-order valence-corrected chi connectivity index (χ4v) is 2.37. The van der Waals surface area contributed by atoms with Crippen molar-refractivity contribution >= 4 is 5.57 Å². The molecule has 17 heavy (non-hydrogen) atoms. The summed E-state index contributed by atoms with van der Waals surface area (Å²) in [4.78, 5) is 0. The number of aryl methyl sites for hydroxylation is 1. The smallest absolute Gasteiger partial charge is 0.126 e. The Morgan fingerprint density at radius 3 is 2.88 bits per heavy atom. The van der Waals surface area contributed by atoms with Crippen LogP contribution in [-0.4, -0.2) is 18.3 Å². The van der Waals surface area contributed by atoms with Crippen LogP contribution in [0.3, 0.4) is 0 Å². The van der Waals surface area contributed by atoms with Crippen molar-refractivity contribution in [1.29, 1.82) is 0 Å². The Labute approximate surface area is 103 Å². The minimum atomic E-state index is -0.308. The summed E-state index contributed by atoms with van der Waals surface area (Å²) in [5, 5.41) is 9.84. The molecule has 92 valence electrons. The van der Waals surface area contributed by atoms with Crippen LogP contribution in [0.4, 0.5) is 0 Å². The van der Waals surface area contributed by atoms with Gasteiger partial charge in [0.05, 0.1) is 13.2 Å². The molecule has 1 unspecified atom stereocenters. The molecule has 1 aromatic rings. The van der Waals surface area contributed by atoms with Crippen molar-refractivity contribution in [2.24, 2.45) is 0 Å². The fourth-order valence-electron chi connectivity index (χ4n) is 2.37. The van der Waals surface area contributed by atoms with Gasteiger partial charge >= 0.3 is 0 Å². The van der Waals surface area contributed by atoms with Gasteiger partial charge in [0.15, 0.2) is 0 Å². The molecular weight excluding hydrogens is 212 g/mol. The minimum absolute atomic E-state index is 0.308. The second kappa shape index (κ2) is 5.37. The lowest BCUT2D eigenvalue weighted by atomic mass is 9.98. The number of aliphatic hydroxyl groups excluding tert-OH is 1. The van der Waals surface area contributed by atoms with E-state index >= 15 is 0 Å². The zero-order chi connectivity index (χ0) is 12.3. The molecule has 1 aromatic carbocycles. The van der Waals surface area contributed by atoms with Crippen LogP contribution in [0.1, 0.15) is 36.8 Å². The molecule has 2 heteroatoms. The standard InChI is InChI=1S/C15H20O2/c1-11-7-8-15(17-2)14(9-11)12-5-3-4-6-13(16)10-12/h7-10,13,16H,3-6H2,1-2H3. The van der Waals surface area contributed by atoms with E-state index in [0.29, 0.717) is 0 Å². The van der Waals surface area contributed by atoms with E-state index in [1.54, 1.807) is 7.11 Å². The first-order chi connectivity index (χ1) is 8.20. The van der Waals surface area contributed by atoms with Crippen molar-refractivity contribution in [3.05, 3.63) is 35.4 Å². The molecular formula is C15H20O2. The third-order valence-electron chi connectivity index (χ3n) is 3.29. The van der Waals surface area contributed by atoms with E-state index in [1.807, 2.05) is 12.1 Å². The molecule has 1 atom stereocenters. The highest BCUT2D eigenvalue weighted by Gasteiger charge is 2.14. The van der Waals surface area contributed by atoms with Crippen LogP contribution >= 0.6 is 0 Å². The van der Waals surface area contributed by atoms with E-state index < -0.39 is 0 Å². The topological polar surface area (TPSA) is 29.5 Å². The quantitative estimate of drug-likeness (QED) is 0.847. The molecule has 1 aliphatic carbocycles. The predicted octanol–water partition coefficient (Wildman–Crippen LogP) is 3.32. The van der Waals surface area contributed by atoms with Gasteiger partial charge in [-0.2, -0.15) is 0 Å². The van der Waals surface area contributed by atoms with Gasteiger partial charge in [0.2, 0.25) is 0 Å². The van der Waals surface area contributed by atoms with E-state index in [9.17, 15) is 5.11 Å². The van der Waals surface area contributed by atoms with Crippen molar-refractivity contribution < 1.29 is 9.84 Å². The third kappa shape index (κ3) is 2.89. The van der Waals surface area contributed by atoms with Crippen molar-refractivity contribution in [3.8, 4) is 5.75 Å². The Balaban J connectivity index is 2.40. The van der Waals surface area contributed by atoms with Gasteiger partial charge in [-0.1, -0.05) is 24.1 Å². The molecule has 0 aromatic heterocycles. The van der Waals surface area contributed by atoms with Crippen LogP contribution in [0, 0.1) is 6.92 Å². The lowest BCUT2D eigenvalue weighted by molar-refractivity contribution is 0.211. The van der Waals surface area contributed by atoms with E-state index in [-0.39, 0.29) is 6.10 Å². The van der Waals surface area contributed by atoms with E-state index in [0.717, 1.165) is 37.0 Å². The Bertz CT molecular complexity index is 421. The van der Waals surface area contributed by atoms with Crippen molar-refractivity contribution in [2.45, 2.75) is 38.7 Å². The number of benzene rings is 1. The van der Waals surface area contributed by atoms with Crippen LogP contribution in [0.5, 0.6) is 5.75 Å². The number of rotatable bonds is 2. The number of ether oxygens (including phenoxy) is 1. The molecule has 0 radical (unpaired) electrons. The van der Waals surface area contributed by atoms with Crippen LogP contribution in [-0.2, 0) is 0 Å². The molecule has 1 N–H and O–H groups in total. The summed E-state index contributed by atoms with van der Waals surface area (Å²) in [6.07, 6.45) is 5.81. The number of allylic oxidation sites excluding steroid dienone is 1. The van der Waals surface area contributed by atoms with Crippen molar-refractivity contribution in [2.75, 3.05) is 7.11 Å². The maximum absolute atomic E-state index is 9.84. The van der Waals surface area contributed by atoms with Gasteiger partial charge in [0.1, 0.15) is 5.75 Å². The largest absolute Gasteiger partial charge is 0.496 e. The Hall–Kier alpha value is -1.28. The highest BCUT2D eigenvalue weighted by molar-refractivity contribution is 5.71. The first kappa shape index (κ1) is 12.2. The first-order valence-electron chi connectivity index (χ1n) is 6.24. The molecule has 0 saturated heterocycles. The average Bonchev–Trinajstić information content (AvgIpc) is 2.54. The SMILES string of the molecule is COc1ccc(C)cc1C1=CC(O)CCCC1. The summed E-state index contributed by atoms with van der Waals surface area (Å²) >= 11 is 0. The zero-order valence-corrected chi connectivity index (χ0v) is 10.6. The van der Waals surface area contributed by atoms with Gasteiger partial charge < -0.3 is 9.84 Å². The van der Waals surface area contributed by atoms with E-state index in [4.69, 9.17) is 4.74 Å². The average molecular weight is 232 g/mol. The van der Waals surface area contributed by atoms with Gasteiger partial charge in [-0.05, 0) is 43.9 Å². The van der Waals surface area contributed by atoms with Gasteiger partial charge in [-0.3, -0.25) is 0 Å². The second-order valence-electron chi connectivity index (χ2n) is 4.71. The van der Waals surface area contributed by atoms with Crippen molar-refractivity contribution in [3.63, 3.8) is 0 Å². The molecule has 0 amide bonds. The Morgan fingerprint density at radius 1 is 1.29 bits per heavy atom. The number of hydrogen-bond donors (Lipinski definition) is 1. The Morgan fingerprint density at radius 2 is 2.12 bits per heavy atom. The van der Waals surface area contributed by atoms with Crippen LogP contribution in [0.2, 0.25) is 0 Å². The van der Waals surface area contributed by atoms with Gasteiger partial charge in [-0.25, -0.2) is 0 Å². The van der Waals surface area contributed by atoms with Crippen molar-refractivity contribution in [1.82, 2.24) is 0 Å². The second-order valence-corrected chi connectivity index (χ2v) is 4.71. The molecule has 0 aliphatic heterocycles. The molecule has 0 spiro atoms. The first-order valence-corrected chi connectivity index (χ1v) is 6.24. The monoisotopic (exact) mass is 232 g/mol. The molecule has 0 heterocycles. The number of aliphatic hydroxyl groups is 1. The zero-order valence-electron chi connectivity index (χ0n) is 10.6. The van der Waals surface area contributed by atoms with Gasteiger partial charge in [-0.15, -0.1) is 0 Å². The summed E-state index contributed by atoms with van der Waals surface area (Å²) in [6, 6.07) is 6.20. The van der Waals surface area contributed by atoms with Gasteiger partial charge in [0, 0.05) is 5.56 Å². The minimum Gasteiger partial charge on any atom is -0.496 e. The molecule has 0 bridgehead atoms. The summed E-state index contributed by atoms with van der Waals surface area (Å²) in [6.45, 7) is 2.08. The van der Waals surface area contributed by atoms with Crippen LogP contribution in [0.15, 0.2) is 24.3 Å². The number of hydrogen-bond acceptors (Lipinski definition) is 2. The summed E-state index contributed by atoms with van der Waals surface area (Å²) in [5.41, 5.74) is 3.57. The maximum atomic E-state index is 9.84. The summed E-state index contributed by atoms with van der Waals surface area (Å²) in [5.74, 6) is 0.899. The Kier molecular flexibility index (Phi) is 3.85. The van der Waals surface area contributed by atoms with E-state index in [1.165, 1.54) is 11.1 Å². The molecule has 0 saturated carbocycles. The maximum Gasteiger partial charge on any atom is 0.126 e. The van der Waals surface area contributed by atoms with Crippen LogP contribution < -0.4 is 4.74 Å². The third-order valence-corrected chi connectivity index (χ3v) is 3.29. The predicted molar refractivity (Wildman–Crippen MR) is 70.2 cm³/mol. The fraction of sp³-hybridized carbons (Fsp3) is 0.467. The lowest BCUT2D eigenvalue weighted by Gasteiger charge is -2.12. The highest BCUT2D eigenvalue weighted by atomic mass is 16.5. The normalized spacial score (nSPS) is 20.6. The molecule has 0 fully saturated rings. The highest BCUT2D eigenvalue weighted by Crippen LogP contribution is 2.32. The summed E-state index contributed by atoms with van der Waals surface area (Å²) in [7, 11) is 1.70.